The van der Waals surface area contributed by atoms with Crippen molar-refractivity contribution in [2.24, 2.45) is 11.1 Å². The summed E-state index contributed by atoms with van der Waals surface area (Å²) in [5, 5.41) is 0. The molecule has 20 heavy (non-hydrogen) atoms. The predicted octanol–water partition coefficient (Wildman–Crippen LogP) is 1.73. The largest absolute Gasteiger partial charge is 0.392 e. The van der Waals surface area contributed by atoms with Crippen molar-refractivity contribution in [3.8, 4) is 0 Å². The first-order valence-corrected chi connectivity index (χ1v) is 7.14. The van der Waals surface area contributed by atoms with Crippen molar-refractivity contribution in [2.45, 2.75) is 19.4 Å². The summed E-state index contributed by atoms with van der Waals surface area (Å²) in [6.45, 7) is 1.62. The Hall–Kier alpha value is -1.46. The summed E-state index contributed by atoms with van der Waals surface area (Å²) in [4.78, 5) is 14.8. The van der Waals surface area contributed by atoms with Crippen molar-refractivity contribution in [1.29, 1.82) is 0 Å². The third-order valence-corrected chi connectivity index (χ3v) is 4.23. The Morgan fingerprint density at radius 1 is 1.35 bits per heavy atom. The minimum atomic E-state index is -0.739. The maximum Gasteiger partial charge on any atom is 0.235 e. The van der Waals surface area contributed by atoms with Gasteiger partial charge in [-0.05, 0) is 18.4 Å². The Morgan fingerprint density at radius 3 is 2.50 bits per heavy atom. The van der Waals surface area contributed by atoms with E-state index in [4.69, 9.17) is 22.7 Å². The summed E-state index contributed by atoms with van der Waals surface area (Å²) in [5.74, 6) is -0.00264. The van der Waals surface area contributed by atoms with Crippen molar-refractivity contribution in [3.05, 3.63) is 35.9 Å². The Morgan fingerprint density at radius 2 is 1.95 bits per heavy atom. The Balaban J connectivity index is 2.13. The number of hydrogen-bond acceptors (Lipinski definition) is 3. The number of carbonyl (C=O) groups is 1. The number of thiocarbonyl (C=S) groups is 1. The van der Waals surface area contributed by atoms with Gasteiger partial charge in [0.2, 0.25) is 5.91 Å². The molecular weight excluding hydrogens is 272 g/mol. The van der Waals surface area contributed by atoms with E-state index in [1.165, 1.54) is 0 Å². The molecule has 0 aliphatic carbocycles. The van der Waals surface area contributed by atoms with Gasteiger partial charge in [0.25, 0.3) is 0 Å². The standard InChI is InChI=1S/C15H20N2O2S/c1-17(11-12-5-3-2-4-6-12)14(18)15(13(16)20)7-9-19-10-8-15/h2-6H,7-11H2,1H3,(H2,16,20). The SMILES string of the molecule is CN(Cc1ccccc1)C(=O)C1(C(N)=S)CCOCC1. The normalized spacial score (nSPS) is 17.4. The zero-order valence-corrected chi connectivity index (χ0v) is 12.5. The molecule has 0 atom stereocenters. The van der Waals surface area contributed by atoms with Crippen LogP contribution in [0.15, 0.2) is 30.3 Å². The zero-order valence-electron chi connectivity index (χ0n) is 11.7. The second-order valence-electron chi connectivity index (χ2n) is 5.21. The molecule has 4 nitrogen and oxygen atoms in total. The van der Waals surface area contributed by atoms with Gasteiger partial charge in [-0.1, -0.05) is 42.5 Å². The molecule has 0 saturated carbocycles. The lowest BCUT2D eigenvalue weighted by atomic mass is 9.78. The molecule has 1 aromatic carbocycles. The highest BCUT2D eigenvalue weighted by atomic mass is 32.1. The van der Waals surface area contributed by atoms with Crippen molar-refractivity contribution < 1.29 is 9.53 Å². The number of ether oxygens (including phenoxy) is 1. The van der Waals surface area contributed by atoms with Crippen LogP contribution < -0.4 is 5.73 Å². The fraction of sp³-hybridized carbons (Fsp3) is 0.467. The molecule has 1 amide bonds. The van der Waals surface area contributed by atoms with Crippen molar-refractivity contribution in [2.75, 3.05) is 20.3 Å². The lowest BCUT2D eigenvalue weighted by molar-refractivity contribution is -0.141. The summed E-state index contributed by atoms with van der Waals surface area (Å²) < 4.78 is 5.34. The number of rotatable bonds is 4. The topological polar surface area (TPSA) is 55.6 Å². The zero-order chi connectivity index (χ0) is 14.6. The maximum absolute atomic E-state index is 12.8. The smallest absolute Gasteiger partial charge is 0.235 e. The number of nitrogens with two attached hydrogens (primary N) is 1. The molecule has 0 radical (unpaired) electrons. The van der Waals surface area contributed by atoms with Crippen molar-refractivity contribution in [1.82, 2.24) is 4.90 Å². The van der Waals surface area contributed by atoms with Gasteiger partial charge in [-0.25, -0.2) is 0 Å². The van der Waals surface area contributed by atoms with Crippen LogP contribution in [0, 0.1) is 5.41 Å². The van der Waals surface area contributed by atoms with Gasteiger partial charge in [0.15, 0.2) is 0 Å². The van der Waals surface area contributed by atoms with Crippen molar-refractivity contribution in [3.63, 3.8) is 0 Å². The van der Waals surface area contributed by atoms with Crippen LogP contribution in [0.5, 0.6) is 0 Å². The molecule has 2 N–H and O–H groups in total. The van der Waals surface area contributed by atoms with Crippen molar-refractivity contribution >= 4 is 23.1 Å². The fourth-order valence-corrected chi connectivity index (χ4v) is 2.87. The van der Waals surface area contributed by atoms with E-state index in [2.05, 4.69) is 0 Å². The molecule has 0 bridgehead atoms. The van der Waals surface area contributed by atoms with Crippen LogP contribution in [0.4, 0.5) is 0 Å². The lowest BCUT2D eigenvalue weighted by Gasteiger charge is -2.37. The molecule has 1 aliphatic heterocycles. The number of hydrogen-bond donors (Lipinski definition) is 1. The highest BCUT2D eigenvalue weighted by Gasteiger charge is 2.44. The van der Waals surface area contributed by atoms with Crippen LogP contribution in [0.25, 0.3) is 0 Å². The molecule has 108 valence electrons. The molecule has 0 spiro atoms. The first-order chi connectivity index (χ1) is 9.56. The molecule has 0 unspecified atom stereocenters. The summed E-state index contributed by atoms with van der Waals surface area (Å²) >= 11 is 5.16. The van der Waals surface area contributed by atoms with E-state index in [0.29, 0.717) is 32.6 Å². The van der Waals surface area contributed by atoms with Crippen LogP contribution in [0.1, 0.15) is 18.4 Å². The Kier molecular flexibility index (Phi) is 4.73. The van der Waals surface area contributed by atoms with E-state index in [9.17, 15) is 4.79 Å². The van der Waals surface area contributed by atoms with E-state index >= 15 is 0 Å². The highest BCUT2D eigenvalue weighted by molar-refractivity contribution is 7.80. The third-order valence-electron chi connectivity index (χ3n) is 3.84. The number of nitrogens with zero attached hydrogens (tertiary/aromatic N) is 1. The van der Waals surface area contributed by atoms with Gasteiger partial charge < -0.3 is 15.4 Å². The van der Waals surface area contributed by atoms with Crippen LogP contribution in [0.3, 0.4) is 0 Å². The number of carbonyl (C=O) groups excluding carboxylic acids is 1. The minimum absolute atomic E-state index is 0.00264. The van der Waals surface area contributed by atoms with E-state index < -0.39 is 5.41 Å². The van der Waals surface area contributed by atoms with Gasteiger partial charge in [0.1, 0.15) is 5.41 Å². The van der Waals surface area contributed by atoms with E-state index in [-0.39, 0.29) is 10.9 Å². The van der Waals surface area contributed by atoms with Gasteiger partial charge in [-0.15, -0.1) is 0 Å². The summed E-state index contributed by atoms with van der Waals surface area (Å²) in [5.41, 5.74) is 6.21. The summed E-state index contributed by atoms with van der Waals surface area (Å²) in [6, 6.07) is 9.89. The number of benzene rings is 1. The summed E-state index contributed by atoms with van der Waals surface area (Å²) in [6.07, 6.45) is 1.14. The highest BCUT2D eigenvalue weighted by Crippen LogP contribution is 2.33. The molecule has 1 heterocycles. The van der Waals surface area contributed by atoms with Crippen LogP contribution in [-0.2, 0) is 16.1 Å². The first kappa shape index (κ1) is 14.9. The van der Waals surface area contributed by atoms with Crippen LogP contribution in [-0.4, -0.2) is 36.1 Å². The van der Waals surface area contributed by atoms with Gasteiger partial charge in [-0.2, -0.15) is 0 Å². The Bertz CT molecular complexity index is 484. The average Bonchev–Trinajstić information content (AvgIpc) is 2.48. The fourth-order valence-electron chi connectivity index (χ4n) is 2.58. The number of amides is 1. The quantitative estimate of drug-likeness (QED) is 0.859. The molecule has 2 rings (SSSR count). The Labute approximate surface area is 124 Å². The molecule has 1 saturated heterocycles. The van der Waals surface area contributed by atoms with E-state index in [1.54, 1.807) is 11.9 Å². The summed E-state index contributed by atoms with van der Waals surface area (Å²) in [7, 11) is 1.80. The molecular formula is C15H20N2O2S. The monoisotopic (exact) mass is 292 g/mol. The predicted molar refractivity (Wildman–Crippen MR) is 82.2 cm³/mol. The molecule has 1 fully saturated rings. The second-order valence-corrected chi connectivity index (χ2v) is 5.65. The molecule has 1 aromatic rings. The molecule has 0 aromatic heterocycles. The van der Waals surface area contributed by atoms with Crippen LogP contribution >= 0.6 is 12.2 Å². The van der Waals surface area contributed by atoms with E-state index in [0.717, 1.165) is 5.56 Å². The minimum Gasteiger partial charge on any atom is -0.392 e. The lowest BCUT2D eigenvalue weighted by Crippen LogP contribution is -2.52. The average molecular weight is 292 g/mol. The van der Waals surface area contributed by atoms with Gasteiger partial charge in [-0.3, -0.25) is 4.79 Å². The third kappa shape index (κ3) is 2.99. The van der Waals surface area contributed by atoms with Gasteiger partial charge in [0, 0.05) is 26.8 Å². The first-order valence-electron chi connectivity index (χ1n) is 6.73. The molecule has 5 heteroatoms. The second kappa shape index (κ2) is 6.33. The van der Waals surface area contributed by atoms with Gasteiger partial charge >= 0.3 is 0 Å². The maximum atomic E-state index is 12.8. The van der Waals surface area contributed by atoms with Crippen LogP contribution in [0.2, 0.25) is 0 Å². The van der Waals surface area contributed by atoms with E-state index in [1.807, 2.05) is 30.3 Å². The van der Waals surface area contributed by atoms with Gasteiger partial charge in [0.05, 0.1) is 4.99 Å². The molecule has 1 aliphatic rings.